The van der Waals surface area contributed by atoms with E-state index < -0.39 is 5.41 Å². The fraction of sp³-hybridized carbons (Fsp3) is 0.467. The Morgan fingerprint density at radius 3 is 2.33 bits per heavy atom. The number of hydrogen-bond acceptors (Lipinski definition) is 3. The van der Waals surface area contributed by atoms with Crippen molar-refractivity contribution in [3.8, 4) is 6.07 Å². The molecule has 0 heterocycles. The Balaban J connectivity index is 3.19. The van der Waals surface area contributed by atoms with Crippen LogP contribution < -0.4 is 0 Å². The zero-order valence-corrected chi connectivity index (χ0v) is 11.4. The Labute approximate surface area is 108 Å². The van der Waals surface area contributed by atoms with E-state index >= 15 is 0 Å². The van der Waals surface area contributed by atoms with Crippen LogP contribution in [-0.4, -0.2) is 12.6 Å². The molecule has 0 amide bonds. The lowest BCUT2D eigenvalue weighted by atomic mass is 9.73. The van der Waals surface area contributed by atoms with Gasteiger partial charge in [0.2, 0.25) is 0 Å². The standard InChI is InChI=1S/C15H19NO2/c1-5-18-14(17)15(4,11(2)3)13-8-6-12(10-16)7-9-13/h6-9,11H,5H2,1-4H3. The summed E-state index contributed by atoms with van der Waals surface area (Å²) in [6, 6.07) is 9.19. The summed E-state index contributed by atoms with van der Waals surface area (Å²) in [6.07, 6.45) is 0. The third kappa shape index (κ3) is 2.53. The van der Waals surface area contributed by atoms with Gasteiger partial charge in [-0.25, -0.2) is 0 Å². The summed E-state index contributed by atoms with van der Waals surface area (Å²) in [6.45, 7) is 8.05. The Hall–Kier alpha value is -1.82. The van der Waals surface area contributed by atoms with Crippen molar-refractivity contribution in [2.24, 2.45) is 5.92 Å². The van der Waals surface area contributed by atoms with Gasteiger partial charge in [-0.15, -0.1) is 0 Å². The lowest BCUT2D eigenvalue weighted by Gasteiger charge is -2.31. The molecule has 0 aromatic heterocycles. The monoisotopic (exact) mass is 245 g/mol. The summed E-state index contributed by atoms with van der Waals surface area (Å²) in [5.41, 5.74) is 0.799. The molecule has 1 rings (SSSR count). The average molecular weight is 245 g/mol. The van der Waals surface area contributed by atoms with E-state index in [1.165, 1.54) is 0 Å². The summed E-state index contributed by atoms with van der Waals surface area (Å²) in [5, 5.41) is 8.79. The minimum Gasteiger partial charge on any atom is -0.465 e. The maximum Gasteiger partial charge on any atom is 0.316 e. The van der Waals surface area contributed by atoms with Gasteiger partial charge >= 0.3 is 5.97 Å². The van der Waals surface area contributed by atoms with Crippen molar-refractivity contribution in [3.05, 3.63) is 35.4 Å². The van der Waals surface area contributed by atoms with E-state index in [2.05, 4.69) is 6.07 Å². The van der Waals surface area contributed by atoms with Crippen molar-refractivity contribution >= 4 is 5.97 Å². The van der Waals surface area contributed by atoms with Gasteiger partial charge < -0.3 is 4.74 Å². The zero-order chi connectivity index (χ0) is 13.8. The van der Waals surface area contributed by atoms with Crippen LogP contribution in [0.5, 0.6) is 0 Å². The Morgan fingerprint density at radius 1 is 1.39 bits per heavy atom. The second kappa shape index (κ2) is 5.68. The molecular formula is C15H19NO2. The van der Waals surface area contributed by atoms with Gasteiger partial charge in [-0.3, -0.25) is 4.79 Å². The zero-order valence-electron chi connectivity index (χ0n) is 11.4. The molecule has 0 bridgehead atoms. The fourth-order valence-corrected chi connectivity index (χ4v) is 1.86. The smallest absolute Gasteiger partial charge is 0.316 e. The van der Waals surface area contributed by atoms with E-state index in [4.69, 9.17) is 10.00 Å². The second-order valence-corrected chi connectivity index (χ2v) is 4.77. The first-order valence-electron chi connectivity index (χ1n) is 6.14. The van der Waals surface area contributed by atoms with E-state index in [9.17, 15) is 4.79 Å². The molecule has 1 aromatic rings. The molecule has 96 valence electrons. The molecule has 0 N–H and O–H groups in total. The van der Waals surface area contributed by atoms with Gasteiger partial charge in [-0.2, -0.15) is 5.26 Å². The van der Waals surface area contributed by atoms with E-state index in [1.54, 1.807) is 19.1 Å². The predicted molar refractivity (Wildman–Crippen MR) is 70.0 cm³/mol. The van der Waals surface area contributed by atoms with Crippen LogP contribution in [0.1, 0.15) is 38.8 Å². The molecule has 18 heavy (non-hydrogen) atoms. The number of hydrogen-bond donors (Lipinski definition) is 0. The van der Waals surface area contributed by atoms with Crippen molar-refractivity contribution in [2.45, 2.75) is 33.1 Å². The second-order valence-electron chi connectivity index (χ2n) is 4.77. The molecule has 0 radical (unpaired) electrons. The van der Waals surface area contributed by atoms with Crippen molar-refractivity contribution in [2.75, 3.05) is 6.61 Å². The number of nitrogens with zero attached hydrogens (tertiary/aromatic N) is 1. The molecular weight excluding hydrogens is 226 g/mol. The number of ether oxygens (including phenoxy) is 1. The van der Waals surface area contributed by atoms with E-state index in [1.807, 2.05) is 32.9 Å². The van der Waals surface area contributed by atoms with Crippen LogP contribution in [0.3, 0.4) is 0 Å². The highest BCUT2D eigenvalue weighted by Crippen LogP contribution is 2.33. The molecule has 0 saturated carbocycles. The number of carbonyl (C=O) groups is 1. The molecule has 0 aliphatic carbocycles. The number of benzene rings is 1. The van der Waals surface area contributed by atoms with Crippen LogP contribution in [0.4, 0.5) is 0 Å². The van der Waals surface area contributed by atoms with Crippen molar-refractivity contribution in [3.63, 3.8) is 0 Å². The molecule has 3 heteroatoms. The Morgan fingerprint density at radius 2 is 1.94 bits per heavy atom. The van der Waals surface area contributed by atoms with Gasteiger partial charge in [0.1, 0.15) is 0 Å². The normalized spacial score (nSPS) is 13.8. The van der Waals surface area contributed by atoms with Crippen LogP contribution in [-0.2, 0) is 14.9 Å². The highest BCUT2D eigenvalue weighted by molar-refractivity contribution is 5.83. The SMILES string of the molecule is CCOC(=O)C(C)(c1ccc(C#N)cc1)C(C)C. The number of rotatable bonds is 4. The molecule has 1 aromatic carbocycles. The molecule has 0 spiro atoms. The van der Waals surface area contributed by atoms with E-state index in [0.717, 1.165) is 5.56 Å². The molecule has 0 saturated heterocycles. The van der Waals surface area contributed by atoms with Crippen LogP contribution in [0.15, 0.2) is 24.3 Å². The Kier molecular flexibility index (Phi) is 4.49. The van der Waals surface area contributed by atoms with Crippen LogP contribution in [0, 0.1) is 17.2 Å². The first-order valence-corrected chi connectivity index (χ1v) is 6.14. The lowest BCUT2D eigenvalue weighted by Crippen LogP contribution is -2.39. The Bertz CT molecular complexity index is 456. The molecule has 0 aliphatic rings. The molecule has 3 nitrogen and oxygen atoms in total. The van der Waals surface area contributed by atoms with Gasteiger partial charge in [-0.05, 0) is 37.5 Å². The van der Waals surface area contributed by atoms with Gasteiger partial charge in [0, 0.05) is 0 Å². The van der Waals surface area contributed by atoms with Gasteiger partial charge in [0.15, 0.2) is 0 Å². The molecule has 0 aliphatic heterocycles. The first-order chi connectivity index (χ1) is 8.46. The third-order valence-electron chi connectivity index (χ3n) is 3.47. The molecule has 1 unspecified atom stereocenters. The van der Waals surface area contributed by atoms with Crippen molar-refractivity contribution in [1.29, 1.82) is 5.26 Å². The van der Waals surface area contributed by atoms with Crippen molar-refractivity contribution < 1.29 is 9.53 Å². The highest BCUT2D eigenvalue weighted by atomic mass is 16.5. The molecule has 1 atom stereocenters. The lowest BCUT2D eigenvalue weighted by molar-refractivity contribution is -0.151. The summed E-state index contributed by atoms with van der Waals surface area (Å²) in [5.74, 6) is -0.103. The summed E-state index contributed by atoms with van der Waals surface area (Å²) in [4.78, 5) is 12.2. The summed E-state index contributed by atoms with van der Waals surface area (Å²) < 4.78 is 5.18. The minimum atomic E-state index is -0.677. The average Bonchev–Trinajstić information content (AvgIpc) is 2.37. The maximum absolute atomic E-state index is 12.2. The fourth-order valence-electron chi connectivity index (χ4n) is 1.86. The number of esters is 1. The van der Waals surface area contributed by atoms with Crippen LogP contribution in [0.25, 0.3) is 0 Å². The maximum atomic E-state index is 12.2. The quantitative estimate of drug-likeness (QED) is 0.766. The predicted octanol–water partition coefficient (Wildman–Crippen LogP) is 3.04. The summed E-state index contributed by atoms with van der Waals surface area (Å²) >= 11 is 0. The third-order valence-corrected chi connectivity index (χ3v) is 3.47. The highest BCUT2D eigenvalue weighted by Gasteiger charge is 2.39. The van der Waals surface area contributed by atoms with Crippen LogP contribution in [0.2, 0.25) is 0 Å². The molecule has 0 fully saturated rings. The number of nitriles is 1. The van der Waals surface area contributed by atoms with Crippen molar-refractivity contribution in [1.82, 2.24) is 0 Å². The van der Waals surface area contributed by atoms with Gasteiger partial charge in [-0.1, -0.05) is 26.0 Å². The van der Waals surface area contributed by atoms with E-state index in [0.29, 0.717) is 12.2 Å². The minimum absolute atomic E-state index is 0.115. The van der Waals surface area contributed by atoms with E-state index in [-0.39, 0.29) is 11.9 Å². The summed E-state index contributed by atoms with van der Waals surface area (Å²) in [7, 11) is 0. The van der Waals surface area contributed by atoms with Gasteiger partial charge in [0.05, 0.1) is 23.7 Å². The number of carbonyl (C=O) groups excluding carboxylic acids is 1. The van der Waals surface area contributed by atoms with Gasteiger partial charge in [0.25, 0.3) is 0 Å². The first kappa shape index (κ1) is 14.2. The largest absolute Gasteiger partial charge is 0.465 e. The topological polar surface area (TPSA) is 50.1 Å². The van der Waals surface area contributed by atoms with Crippen LogP contribution >= 0.6 is 0 Å².